The Labute approximate surface area is 208 Å². The highest BCUT2D eigenvalue weighted by atomic mass is 35.5. The zero-order valence-corrected chi connectivity index (χ0v) is 20.7. The fourth-order valence-corrected chi connectivity index (χ4v) is 6.11. The van der Waals surface area contributed by atoms with Gasteiger partial charge in [0.15, 0.2) is 5.69 Å². The number of thiazole rings is 1. The van der Waals surface area contributed by atoms with Crippen molar-refractivity contribution in [2.24, 2.45) is 0 Å². The zero-order valence-electron chi connectivity index (χ0n) is 18.3. The Morgan fingerprint density at radius 3 is 2.68 bits per heavy atom. The van der Waals surface area contributed by atoms with E-state index in [1.165, 1.54) is 34.2 Å². The molecule has 0 radical (unpaired) electrons. The second kappa shape index (κ2) is 9.58. The van der Waals surface area contributed by atoms with Gasteiger partial charge in [0.25, 0.3) is 0 Å². The third-order valence-electron chi connectivity index (χ3n) is 4.85. The third kappa shape index (κ3) is 4.57. The van der Waals surface area contributed by atoms with Gasteiger partial charge < -0.3 is 5.11 Å². The van der Waals surface area contributed by atoms with Crippen molar-refractivity contribution in [2.45, 2.75) is 30.2 Å². The Morgan fingerprint density at radius 2 is 2.03 bits per heavy atom. The number of hydrogen-bond acceptors (Lipinski definition) is 6. The number of carboxylic acid groups (broad SMARTS) is 1. The van der Waals surface area contributed by atoms with Crippen molar-refractivity contribution >= 4 is 40.7 Å². The fourth-order valence-electron chi connectivity index (χ4n) is 3.47. The summed E-state index contributed by atoms with van der Waals surface area (Å²) in [4.78, 5) is 17.0. The Hall–Kier alpha value is -3.19. The van der Waals surface area contributed by atoms with E-state index in [1.807, 2.05) is 13.8 Å². The lowest BCUT2D eigenvalue weighted by Gasteiger charge is -2.05. The zero-order chi connectivity index (χ0) is 24.6. The van der Waals surface area contributed by atoms with Crippen molar-refractivity contribution < 1.29 is 14.3 Å². The van der Waals surface area contributed by atoms with Crippen LogP contribution in [0.25, 0.3) is 27.5 Å². The summed E-state index contributed by atoms with van der Waals surface area (Å²) >= 11 is 8.99. The number of benzene rings is 2. The predicted molar refractivity (Wildman–Crippen MR) is 132 cm³/mol. The number of rotatable bonds is 6. The Morgan fingerprint density at radius 1 is 1.26 bits per heavy atom. The summed E-state index contributed by atoms with van der Waals surface area (Å²) in [5.41, 5.74) is 2.73. The number of carbonyl (C=O) groups is 1. The van der Waals surface area contributed by atoms with Crippen molar-refractivity contribution in [2.75, 3.05) is 0 Å². The molecular formula is C24H18ClFN4O2S2. The Balaban J connectivity index is 1.93. The van der Waals surface area contributed by atoms with E-state index in [1.54, 1.807) is 43.0 Å². The van der Waals surface area contributed by atoms with Crippen LogP contribution in [0.4, 0.5) is 4.39 Å². The molecular weight excluding hydrogens is 495 g/mol. The van der Waals surface area contributed by atoms with Crippen LogP contribution >= 0.6 is 34.7 Å². The van der Waals surface area contributed by atoms with Gasteiger partial charge in [0.05, 0.1) is 26.2 Å². The first-order chi connectivity index (χ1) is 16.2. The van der Waals surface area contributed by atoms with Gasteiger partial charge in [-0.2, -0.15) is 15.0 Å². The first-order valence-corrected chi connectivity index (χ1v) is 12.2. The number of hydrogen-bond donors (Lipinski definition) is 1. The molecule has 1 N–H and O–H groups in total. The number of carboxylic acids is 1. The van der Waals surface area contributed by atoms with Gasteiger partial charge in [0.2, 0.25) is 5.13 Å². The summed E-state index contributed by atoms with van der Waals surface area (Å²) in [6, 6.07) is 12.9. The van der Waals surface area contributed by atoms with Crippen LogP contribution in [0, 0.1) is 24.1 Å². The molecule has 0 aliphatic carbocycles. The van der Waals surface area contributed by atoms with Gasteiger partial charge in [-0.05, 0) is 36.8 Å². The van der Waals surface area contributed by atoms with Crippen molar-refractivity contribution in [3.8, 4) is 33.6 Å². The molecule has 6 nitrogen and oxygen atoms in total. The molecule has 0 aliphatic rings. The molecule has 0 saturated carbocycles. The van der Waals surface area contributed by atoms with Crippen LogP contribution in [-0.4, -0.2) is 31.1 Å². The van der Waals surface area contributed by atoms with Gasteiger partial charge in [0.1, 0.15) is 11.9 Å². The smallest absolute Gasteiger partial charge is 0.355 e. The lowest BCUT2D eigenvalue weighted by Crippen LogP contribution is -2.09. The van der Waals surface area contributed by atoms with Gasteiger partial charge in [-0.15, -0.1) is 11.8 Å². The van der Waals surface area contributed by atoms with Crippen LogP contribution in [-0.2, 0) is 0 Å². The SMILES string of the molecule is Cc1nn(-c2nc(-c3ccc(Cl)c(C#N)c3)c(SC(C)C)s2)c(C(=O)O)c1-c1cccc(F)c1. The number of aryl methyl sites for hydroxylation is 1. The maximum absolute atomic E-state index is 13.9. The summed E-state index contributed by atoms with van der Waals surface area (Å²) in [6.45, 7) is 5.76. The average molecular weight is 513 g/mol. The lowest BCUT2D eigenvalue weighted by atomic mass is 10.0. The van der Waals surface area contributed by atoms with Crippen LogP contribution in [0.15, 0.2) is 46.7 Å². The van der Waals surface area contributed by atoms with Crippen molar-refractivity contribution in [1.82, 2.24) is 14.8 Å². The number of nitrogens with zero attached hydrogens (tertiary/aromatic N) is 4. The van der Waals surface area contributed by atoms with Gasteiger partial charge >= 0.3 is 5.97 Å². The maximum atomic E-state index is 13.9. The molecule has 2 aromatic heterocycles. The molecule has 0 unspecified atom stereocenters. The van der Waals surface area contributed by atoms with E-state index in [9.17, 15) is 19.6 Å². The van der Waals surface area contributed by atoms with Crippen molar-refractivity contribution in [3.05, 3.63) is 70.3 Å². The monoisotopic (exact) mass is 512 g/mol. The van der Waals surface area contributed by atoms with E-state index in [2.05, 4.69) is 11.2 Å². The largest absolute Gasteiger partial charge is 0.476 e. The van der Waals surface area contributed by atoms with Gasteiger partial charge in [-0.3, -0.25) is 0 Å². The molecule has 34 heavy (non-hydrogen) atoms. The summed E-state index contributed by atoms with van der Waals surface area (Å²) in [7, 11) is 0. The molecule has 2 aromatic carbocycles. The molecule has 0 spiro atoms. The second-order valence-electron chi connectivity index (χ2n) is 7.64. The van der Waals surface area contributed by atoms with E-state index < -0.39 is 11.8 Å². The molecule has 0 bridgehead atoms. The first kappa shape index (κ1) is 24.0. The predicted octanol–water partition coefficient (Wildman–Crippen LogP) is 6.83. The molecule has 10 heteroatoms. The molecule has 2 heterocycles. The highest BCUT2D eigenvalue weighted by Crippen LogP contribution is 2.41. The number of aromatic carboxylic acids is 1. The third-order valence-corrected chi connectivity index (χ3v) is 7.42. The van der Waals surface area contributed by atoms with Crippen molar-refractivity contribution in [1.29, 1.82) is 5.26 Å². The van der Waals surface area contributed by atoms with E-state index in [-0.39, 0.29) is 10.9 Å². The summed E-state index contributed by atoms with van der Waals surface area (Å²) in [5.74, 6) is -1.67. The van der Waals surface area contributed by atoms with Gasteiger partial charge in [-0.1, -0.05) is 55.0 Å². The van der Waals surface area contributed by atoms with Gasteiger partial charge in [0, 0.05) is 16.4 Å². The van der Waals surface area contributed by atoms with E-state index in [0.717, 1.165) is 4.21 Å². The number of nitriles is 1. The van der Waals surface area contributed by atoms with E-state index >= 15 is 0 Å². The normalized spacial score (nSPS) is 11.1. The van der Waals surface area contributed by atoms with Crippen LogP contribution in [0.1, 0.15) is 35.6 Å². The topological polar surface area (TPSA) is 91.8 Å². The number of aromatic nitrogens is 3. The second-order valence-corrected chi connectivity index (χ2v) is 10.9. The van der Waals surface area contributed by atoms with Crippen molar-refractivity contribution in [3.63, 3.8) is 0 Å². The van der Waals surface area contributed by atoms with Crippen LogP contribution in [0.3, 0.4) is 0 Å². The molecule has 0 amide bonds. The first-order valence-electron chi connectivity index (χ1n) is 10.2. The van der Waals surface area contributed by atoms with Crippen LogP contribution in [0.2, 0.25) is 5.02 Å². The molecule has 0 aliphatic heterocycles. The maximum Gasteiger partial charge on any atom is 0.355 e. The summed E-state index contributed by atoms with van der Waals surface area (Å²) < 4.78 is 16.0. The Bertz CT molecular complexity index is 1460. The molecule has 0 atom stereocenters. The Kier molecular flexibility index (Phi) is 6.75. The molecule has 0 fully saturated rings. The minimum absolute atomic E-state index is 0.0988. The fraction of sp³-hybridized carbons (Fsp3) is 0.167. The molecule has 172 valence electrons. The number of thioether (sulfide) groups is 1. The van der Waals surface area contributed by atoms with Crippen LogP contribution < -0.4 is 0 Å². The van der Waals surface area contributed by atoms with E-state index in [4.69, 9.17) is 16.6 Å². The highest BCUT2D eigenvalue weighted by Gasteiger charge is 2.27. The number of halogens is 2. The molecule has 0 saturated heterocycles. The summed E-state index contributed by atoms with van der Waals surface area (Å²) in [5, 5.41) is 24.8. The highest BCUT2D eigenvalue weighted by molar-refractivity contribution is 8.01. The lowest BCUT2D eigenvalue weighted by molar-refractivity contribution is 0.0688. The average Bonchev–Trinajstić information content (AvgIpc) is 3.34. The molecule has 4 rings (SSSR count). The van der Waals surface area contributed by atoms with Crippen LogP contribution in [0.5, 0.6) is 0 Å². The quantitative estimate of drug-likeness (QED) is 0.284. The molecule has 4 aromatic rings. The minimum atomic E-state index is -1.20. The minimum Gasteiger partial charge on any atom is -0.476 e. The van der Waals surface area contributed by atoms with Gasteiger partial charge in [-0.25, -0.2) is 14.2 Å². The standard InChI is InChI=1S/C24H18ClFN4O2S2/c1-12(2)33-23-20(15-7-8-18(25)16(9-15)11-27)28-24(34-23)30-21(22(31)32)19(13(3)29-30)14-5-4-6-17(26)10-14/h4-10,12H,1-3H3,(H,31,32). The summed E-state index contributed by atoms with van der Waals surface area (Å²) in [6.07, 6.45) is 0. The van der Waals surface area contributed by atoms with E-state index in [0.29, 0.717) is 43.8 Å².